The zero-order chi connectivity index (χ0) is 49.7. The molecule has 0 unspecified atom stereocenters. The Hall–Kier alpha value is -9.96. The predicted molar refractivity (Wildman–Crippen MR) is 314 cm³/mol. The number of anilines is 3. The number of fused-ring (bicyclic) bond motifs is 6. The van der Waals surface area contributed by atoms with Crippen LogP contribution in [0.15, 0.2) is 294 Å². The number of para-hydroxylation sites is 2. The van der Waals surface area contributed by atoms with Crippen LogP contribution in [-0.2, 0) is 0 Å². The van der Waals surface area contributed by atoms with E-state index in [2.05, 4.69) is 278 Å². The molecule has 0 saturated heterocycles. The molecule has 12 aromatic carbocycles. The lowest BCUT2D eigenvalue weighted by Gasteiger charge is -2.26. The van der Waals surface area contributed by atoms with Crippen molar-refractivity contribution in [2.45, 2.75) is 0 Å². The van der Waals surface area contributed by atoms with Crippen LogP contribution in [0, 0.1) is 0 Å². The van der Waals surface area contributed by atoms with Crippen LogP contribution in [0.3, 0.4) is 0 Å². The van der Waals surface area contributed by atoms with E-state index in [1.165, 1.54) is 38.9 Å². The average Bonchev–Trinajstić information content (AvgIpc) is 4.07. The van der Waals surface area contributed by atoms with Crippen molar-refractivity contribution in [2.24, 2.45) is 0 Å². The summed E-state index contributed by atoms with van der Waals surface area (Å²) in [6.45, 7) is 0. The highest BCUT2D eigenvalue weighted by Crippen LogP contribution is 2.50. The summed E-state index contributed by atoms with van der Waals surface area (Å²) in [6, 6.07) is 102. The van der Waals surface area contributed by atoms with Gasteiger partial charge < -0.3 is 13.7 Å². The van der Waals surface area contributed by atoms with Gasteiger partial charge in [-0.2, -0.15) is 0 Å². The van der Waals surface area contributed by atoms with E-state index in [0.717, 1.165) is 99.9 Å². The van der Waals surface area contributed by atoms with Gasteiger partial charge >= 0.3 is 0 Å². The second-order valence-electron chi connectivity index (χ2n) is 19.1. The maximum Gasteiger partial charge on any atom is 0.136 e. The van der Waals surface area contributed by atoms with Gasteiger partial charge in [0.25, 0.3) is 0 Å². The molecule has 3 heteroatoms. The molecule has 2 aromatic heterocycles. The Morgan fingerprint density at radius 3 is 0.973 bits per heavy atom. The molecule has 0 aliphatic heterocycles. The smallest absolute Gasteiger partial charge is 0.136 e. The molecule has 2 heterocycles. The number of rotatable bonds is 10. The molecule has 352 valence electrons. The SMILES string of the molecule is c1ccc(-c2ccc(N(c3ccc(-c4c(-c5ccccc5)cccc4-c4ccccc4)cc3)c3ccc(-c4c(-c5ccc6oc7ccccc7c6c5-c5ccccc5)ccc5oc6ccccc6c45)cc3)cc2)cc1. The molecular formula is C72H47NO2. The normalized spacial score (nSPS) is 11.5. The van der Waals surface area contributed by atoms with Crippen LogP contribution in [0.1, 0.15) is 0 Å². The third-order valence-electron chi connectivity index (χ3n) is 14.7. The zero-order valence-electron chi connectivity index (χ0n) is 40.9. The molecule has 14 rings (SSSR count). The summed E-state index contributed by atoms with van der Waals surface area (Å²) in [7, 11) is 0. The Kier molecular flexibility index (Phi) is 10.8. The average molecular weight is 958 g/mol. The second-order valence-corrected chi connectivity index (χ2v) is 19.1. The fourth-order valence-electron chi connectivity index (χ4n) is 11.3. The van der Waals surface area contributed by atoms with E-state index < -0.39 is 0 Å². The number of nitrogens with zero attached hydrogens (tertiary/aromatic N) is 1. The summed E-state index contributed by atoms with van der Waals surface area (Å²) in [4.78, 5) is 2.36. The molecule has 0 spiro atoms. The van der Waals surface area contributed by atoms with E-state index in [4.69, 9.17) is 8.83 Å². The largest absolute Gasteiger partial charge is 0.456 e. The van der Waals surface area contributed by atoms with Gasteiger partial charge in [-0.25, -0.2) is 0 Å². The van der Waals surface area contributed by atoms with Crippen LogP contribution in [-0.4, -0.2) is 0 Å². The van der Waals surface area contributed by atoms with Gasteiger partial charge in [0.05, 0.1) is 0 Å². The molecule has 0 saturated carbocycles. The molecule has 0 bridgehead atoms. The van der Waals surface area contributed by atoms with E-state index in [1.807, 2.05) is 12.1 Å². The van der Waals surface area contributed by atoms with Gasteiger partial charge in [0.1, 0.15) is 22.3 Å². The molecule has 3 nitrogen and oxygen atoms in total. The molecule has 0 amide bonds. The van der Waals surface area contributed by atoms with Crippen molar-refractivity contribution in [2.75, 3.05) is 4.90 Å². The molecule has 14 aromatic rings. The second kappa shape index (κ2) is 18.6. The summed E-state index contributed by atoms with van der Waals surface area (Å²) >= 11 is 0. The third-order valence-corrected chi connectivity index (χ3v) is 14.7. The first kappa shape index (κ1) is 43.8. The van der Waals surface area contributed by atoms with Crippen molar-refractivity contribution in [3.8, 4) is 77.9 Å². The molecular weight excluding hydrogens is 911 g/mol. The van der Waals surface area contributed by atoms with E-state index in [0.29, 0.717) is 0 Å². The van der Waals surface area contributed by atoms with E-state index in [-0.39, 0.29) is 0 Å². The van der Waals surface area contributed by atoms with Crippen molar-refractivity contribution in [3.63, 3.8) is 0 Å². The summed E-state index contributed by atoms with van der Waals surface area (Å²) < 4.78 is 13.2. The van der Waals surface area contributed by atoms with Gasteiger partial charge in [0, 0.05) is 49.7 Å². The predicted octanol–water partition coefficient (Wildman–Crippen LogP) is 20.6. The molecule has 0 aliphatic carbocycles. The van der Waals surface area contributed by atoms with E-state index >= 15 is 0 Å². The van der Waals surface area contributed by atoms with Gasteiger partial charge in [-0.3, -0.25) is 0 Å². The maximum absolute atomic E-state index is 6.64. The minimum Gasteiger partial charge on any atom is -0.456 e. The Morgan fingerprint density at radius 2 is 0.533 bits per heavy atom. The first-order valence-electron chi connectivity index (χ1n) is 25.6. The zero-order valence-corrected chi connectivity index (χ0v) is 40.9. The monoisotopic (exact) mass is 957 g/mol. The van der Waals surface area contributed by atoms with Crippen LogP contribution >= 0.6 is 0 Å². The van der Waals surface area contributed by atoms with Crippen molar-refractivity contribution < 1.29 is 8.83 Å². The first-order valence-corrected chi connectivity index (χ1v) is 25.6. The van der Waals surface area contributed by atoms with Crippen LogP contribution in [0.4, 0.5) is 17.1 Å². The quantitative estimate of drug-likeness (QED) is 0.137. The number of furan rings is 2. The topological polar surface area (TPSA) is 29.5 Å². The highest BCUT2D eigenvalue weighted by molar-refractivity contribution is 6.20. The molecule has 0 N–H and O–H groups in total. The van der Waals surface area contributed by atoms with Crippen molar-refractivity contribution in [1.82, 2.24) is 0 Å². The third kappa shape index (κ3) is 7.78. The lowest BCUT2D eigenvalue weighted by molar-refractivity contribution is 0.668. The Morgan fingerprint density at radius 1 is 0.200 bits per heavy atom. The number of hydrogen-bond donors (Lipinski definition) is 0. The van der Waals surface area contributed by atoms with Crippen LogP contribution in [0.5, 0.6) is 0 Å². The van der Waals surface area contributed by atoms with Gasteiger partial charge in [-0.05, 0) is 140 Å². The summed E-state index contributed by atoms with van der Waals surface area (Å²) in [6.07, 6.45) is 0. The van der Waals surface area contributed by atoms with Crippen molar-refractivity contribution in [3.05, 3.63) is 285 Å². The van der Waals surface area contributed by atoms with Gasteiger partial charge in [-0.1, -0.05) is 212 Å². The Bertz CT molecular complexity index is 4290. The Labute approximate surface area is 435 Å². The van der Waals surface area contributed by atoms with E-state index in [9.17, 15) is 0 Å². The fourth-order valence-corrected chi connectivity index (χ4v) is 11.3. The number of hydrogen-bond acceptors (Lipinski definition) is 3. The van der Waals surface area contributed by atoms with Gasteiger partial charge in [-0.15, -0.1) is 0 Å². The Balaban J connectivity index is 0.943. The molecule has 75 heavy (non-hydrogen) atoms. The molecule has 0 aliphatic rings. The fraction of sp³-hybridized carbons (Fsp3) is 0. The first-order chi connectivity index (χ1) is 37.2. The molecule has 0 fully saturated rings. The van der Waals surface area contributed by atoms with Crippen LogP contribution in [0.2, 0.25) is 0 Å². The van der Waals surface area contributed by atoms with Crippen molar-refractivity contribution >= 4 is 60.9 Å². The number of benzene rings is 12. The lowest BCUT2D eigenvalue weighted by atomic mass is 9.85. The van der Waals surface area contributed by atoms with Crippen molar-refractivity contribution in [1.29, 1.82) is 0 Å². The lowest BCUT2D eigenvalue weighted by Crippen LogP contribution is -2.10. The van der Waals surface area contributed by atoms with Gasteiger partial charge in [0.2, 0.25) is 0 Å². The van der Waals surface area contributed by atoms with Crippen LogP contribution < -0.4 is 4.90 Å². The highest BCUT2D eigenvalue weighted by Gasteiger charge is 2.24. The highest BCUT2D eigenvalue weighted by atomic mass is 16.3. The standard InChI is InChI=1S/C72H47NO2/c1-5-18-48(19-6-1)49-32-38-55(39-33-49)73(56-40-34-53(35-41-56)68-58(50-20-7-2-8-21-50)28-17-29-59(68)51-22-9-3-10-23-51)57-42-36-54(37-43-57)70-61(45-47-67-72(70)63-27-14-16-31-65(63)75-67)60-44-46-66-71(62-26-13-15-30-64(62)74-66)69(60)52-24-11-4-12-25-52/h1-47H. The van der Waals surface area contributed by atoms with Crippen LogP contribution in [0.25, 0.3) is 122 Å². The minimum absolute atomic E-state index is 0.847. The minimum atomic E-state index is 0.847. The summed E-state index contributed by atoms with van der Waals surface area (Å²) in [5.74, 6) is 0. The summed E-state index contributed by atoms with van der Waals surface area (Å²) in [5, 5.41) is 4.36. The van der Waals surface area contributed by atoms with E-state index in [1.54, 1.807) is 0 Å². The van der Waals surface area contributed by atoms with Gasteiger partial charge in [0.15, 0.2) is 0 Å². The maximum atomic E-state index is 6.64. The summed E-state index contributed by atoms with van der Waals surface area (Å²) in [5.41, 5.74) is 22.8. The molecule has 0 radical (unpaired) electrons. The molecule has 0 atom stereocenters.